The summed E-state index contributed by atoms with van der Waals surface area (Å²) in [5.41, 5.74) is 4.88. The number of halogens is 1. The van der Waals surface area contributed by atoms with Gasteiger partial charge < -0.3 is 10.2 Å². The summed E-state index contributed by atoms with van der Waals surface area (Å²) in [6.07, 6.45) is 0. The molecule has 0 aliphatic rings. The molecule has 0 aliphatic heterocycles. The highest BCUT2D eigenvalue weighted by Gasteiger charge is 2.08. The molecule has 0 spiro atoms. The number of benzene rings is 2. The van der Waals surface area contributed by atoms with Crippen LogP contribution in [0.5, 0.6) is 0 Å². The first kappa shape index (κ1) is 14.9. The van der Waals surface area contributed by atoms with E-state index in [1.54, 1.807) is 0 Å². The molecular weight excluding hydrogens is 312 g/mol. The first-order valence-electron chi connectivity index (χ1n) is 6.78. The van der Waals surface area contributed by atoms with Crippen LogP contribution in [0.3, 0.4) is 0 Å². The molecule has 0 saturated carbocycles. The van der Waals surface area contributed by atoms with E-state index >= 15 is 0 Å². The first-order valence-corrected chi connectivity index (χ1v) is 7.57. The van der Waals surface area contributed by atoms with E-state index < -0.39 is 0 Å². The molecule has 0 aromatic heterocycles. The maximum atomic E-state index is 3.64. The first-order chi connectivity index (χ1) is 9.49. The molecular formula is C17H21BrN2. The van der Waals surface area contributed by atoms with E-state index in [1.165, 1.54) is 16.8 Å². The van der Waals surface area contributed by atoms with Gasteiger partial charge in [-0.3, -0.25) is 0 Å². The van der Waals surface area contributed by atoms with Crippen LogP contribution in [0, 0.1) is 6.92 Å². The van der Waals surface area contributed by atoms with Crippen LogP contribution in [-0.4, -0.2) is 14.1 Å². The third kappa shape index (κ3) is 3.34. The Kier molecular flexibility index (Phi) is 4.71. The molecule has 0 saturated heterocycles. The summed E-state index contributed by atoms with van der Waals surface area (Å²) in [7, 11) is 4.11. The summed E-state index contributed by atoms with van der Waals surface area (Å²) in [6, 6.07) is 15.2. The minimum atomic E-state index is 0.268. The molecule has 106 valence electrons. The summed E-state index contributed by atoms with van der Waals surface area (Å²) in [6.45, 7) is 4.28. The number of hydrogen-bond acceptors (Lipinski definition) is 2. The van der Waals surface area contributed by atoms with Crippen LogP contribution in [0.1, 0.15) is 24.1 Å². The van der Waals surface area contributed by atoms with E-state index in [0.717, 1.165) is 10.2 Å². The van der Waals surface area contributed by atoms with Crippen LogP contribution in [0.2, 0.25) is 0 Å². The van der Waals surface area contributed by atoms with E-state index in [2.05, 4.69) is 96.6 Å². The molecule has 0 aliphatic carbocycles. The third-order valence-corrected chi connectivity index (χ3v) is 4.53. The predicted octanol–water partition coefficient (Wildman–Crippen LogP) is 5.00. The Hall–Kier alpha value is -1.48. The number of nitrogens with zero attached hydrogens (tertiary/aromatic N) is 1. The van der Waals surface area contributed by atoms with Gasteiger partial charge in [0, 0.05) is 36.0 Å². The minimum Gasteiger partial charge on any atom is -0.378 e. The van der Waals surface area contributed by atoms with Gasteiger partial charge in [-0.15, -0.1) is 0 Å². The fraction of sp³-hybridized carbons (Fsp3) is 0.294. The van der Waals surface area contributed by atoms with Crippen molar-refractivity contribution in [1.82, 2.24) is 0 Å². The van der Waals surface area contributed by atoms with Gasteiger partial charge in [0.05, 0.1) is 0 Å². The van der Waals surface area contributed by atoms with Crippen molar-refractivity contribution < 1.29 is 0 Å². The zero-order chi connectivity index (χ0) is 14.7. The Morgan fingerprint density at radius 2 is 1.70 bits per heavy atom. The van der Waals surface area contributed by atoms with Crippen molar-refractivity contribution in [3.63, 3.8) is 0 Å². The Balaban J connectivity index is 2.15. The third-order valence-electron chi connectivity index (χ3n) is 3.47. The average Bonchev–Trinajstić information content (AvgIpc) is 2.44. The molecule has 20 heavy (non-hydrogen) atoms. The van der Waals surface area contributed by atoms with Crippen LogP contribution < -0.4 is 10.2 Å². The molecule has 1 atom stereocenters. The van der Waals surface area contributed by atoms with E-state index in [0.29, 0.717) is 0 Å². The summed E-state index contributed by atoms with van der Waals surface area (Å²) in [4.78, 5) is 2.11. The Bertz CT molecular complexity index is 576. The lowest BCUT2D eigenvalue weighted by Crippen LogP contribution is -2.10. The van der Waals surface area contributed by atoms with Crippen LogP contribution in [-0.2, 0) is 0 Å². The van der Waals surface area contributed by atoms with Crippen molar-refractivity contribution in [2.45, 2.75) is 19.9 Å². The van der Waals surface area contributed by atoms with Crippen molar-refractivity contribution in [2.75, 3.05) is 24.3 Å². The lowest BCUT2D eigenvalue weighted by Gasteiger charge is -2.19. The zero-order valence-electron chi connectivity index (χ0n) is 12.4. The molecule has 2 aromatic rings. The van der Waals surface area contributed by atoms with Crippen molar-refractivity contribution >= 4 is 27.3 Å². The van der Waals surface area contributed by atoms with Gasteiger partial charge in [-0.2, -0.15) is 0 Å². The van der Waals surface area contributed by atoms with Gasteiger partial charge in [0.25, 0.3) is 0 Å². The van der Waals surface area contributed by atoms with Crippen molar-refractivity contribution in [1.29, 1.82) is 0 Å². The van der Waals surface area contributed by atoms with Crippen LogP contribution in [0.4, 0.5) is 11.4 Å². The molecule has 2 aromatic carbocycles. The maximum Gasteiger partial charge on any atom is 0.0492 e. The molecule has 0 amide bonds. The summed E-state index contributed by atoms with van der Waals surface area (Å²) in [5.74, 6) is 0. The molecule has 1 unspecified atom stereocenters. The maximum absolute atomic E-state index is 3.64. The van der Waals surface area contributed by atoms with Gasteiger partial charge in [-0.05, 0) is 59.1 Å². The van der Waals surface area contributed by atoms with Gasteiger partial charge in [-0.25, -0.2) is 0 Å². The van der Waals surface area contributed by atoms with Crippen LogP contribution in [0.15, 0.2) is 46.9 Å². The molecule has 1 N–H and O–H groups in total. The Morgan fingerprint density at radius 3 is 2.30 bits per heavy atom. The quantitative estimate of drug-likeness (QED) is 0.847. The SMILES string of the molecule is Cc1cccc(NC(C)c2ccc(N(C)C)cc2)c1Br. The van der Waals surface area contributed by atoms with Gasteiger partial charge in [0.1, 0.15) is 0 Å². The second-order valence-corrected chi connectivity index (χ2v) is 6.08. The Morgan fingerprint density at radius 1 is 1.05 bits per heavy atom. The van der Waals surface area contributed by atoms with Crippen LogP contribution in [0.25, 0.3) is 0 Å². The fourth-order valence-electron chi connectivity index (χ4n) is 2.14. The monoisotopic (exact) mass is 332 g/mol. The highest BCUT2D eigenvalue weighted by Crippen LogP contribution is 2.29. The molecule has 0 bridgehead atoms. The van der Waals surface area contributed by atoms with E-state index in [1.807, 2.05) is 0 Å². The lowest BCUT2D eigenvalue weighted by molar-refractivity contribution is 0.882. The van der Waals surface area contributed by atoms with Gasteiger partial charge in [0.15, 0.2) is 0 Å². The van der Waals surface area contributed by atoms with Crippen molar-refractivity contribution in [2.24, 2.45) is 0 Å². The zero-order valence-corrected chi connectivity index (χ0v) is 14.0. The number of aryl methyl sites for hydroxylation is 1. The van der Waals surface area contributed by atoms with Crippen LogP contribution >= 0.6 is 15.9 Å². The molecule has 0 heterocycles. The second kappa shape index (κ2) is 6.31. The molecule has 2 nitrogen and oxygen atoms in total. The number of rotatable bonds is 4. The summed E-state index contributed by atoms with van der Waals surface area (Å²) >= 11 is 3.64. The molecule has 2 rings (SSSR count). The van der Waals surface area contributed by atoms with E-state index in [4.69, 9.17) is 0 Å². The molecule has 0 radical (unpaired) electrons. The highest BCUT2D eigenvalue weighted by molar-refractivity contribution is 9.10. The number of nitrogens with one attached hydrogen (secondary N) is 1. The smallest absolute Gasteiger partial charge is 0.0492 e. The lowest BCUT2D eigenvalue weighted by atomic mass is 10.1. The van der Waals surface area contributed by atoms with Crippen molar-refractivity contribution in [3.8, 4) is 0 Å². The topological polar surface area (TPSA) is 15.3 Å². The molecule has 3 heteroatoms. The molecule has 0 fully saturated rings. The standard InChI is InChI=1S/C17H21BrN2/c1-12-6-5-7-16(17(12)18)19-13(2)14-8-10-15(11-9-14)20(3)4/h5-11,13,19H,1-4H3. The largest absolute Gasteiger partial charge is 0.378 e. The summed E-state index contributed by atoms with van der Waals surface area (Å²) in [5, 5.41) is 3.56. The second-order valence-electron chi connectivity index (χ2n) is 5.29. The normalized spacial score (nSPS) is 12.1. The predicted molar refractivity (Wildman–Crippen MR) is 91.7 cm³/mol. The van der Waals surface area contributed by atoms with Gasteiger partial charge in [0.2, 0.25) is 0 Å². The van der Waals surface area contributed by atoms with Gasteiger partial charge >= 0.3 is 0 Å². The average molecular weight is 333 g/mol. The fourth-order valence-corrected chi connectivity index (χ4v) is 2.52. The number of anilines is 2. The Labute approximate surface area is 129 Å². The van der Waals surface area contributed by atoms with Crippen molar-refractivity contribution in [3.05, 3.63) is 58.1 Å². The van der Waals surface area contributed by atoms with E-state index in [9.17, 15) is 0 Å². The minimum absolute atomic E-state index is 0.268. The number of hydrogen-bond donors (Lipinski definition) is 1. The highest BCUT2D eigenvalue weighted by atomic mass is 79.9. The van der Waals surface area contributed by atoms with E-state index in [-0.39, 0.29) is 6.04 Å². The summed E-state index contributed by atoms with van der Waals surface area (Å²) < 4.78 is 1.14. The van der Waals surface area contributed by atoms with Gasteiger partial charge in [-0.1, -0.05) is 24.3 Å².